The van der Waals surface area contributed by atoms with Crippen LogP contribution in [0.15, 0.2) is 24.3 Å². The van der Waals surface area contributed by atoms with E-state index < -0.39 is 22.8 Å². The van der Waals surface area contributed by atoms with Crippen molar-refractivity contribution in [2.24, 2.45) is 0 Å². The lowest BCUT2D eigenvalue weighted by Gasteiger charge is -2.43. The molecule has 6 nitrogen and oxygen atoms in total. The summed E-state index contributed by atoms with van der Waals surface area (Å²) < 4.78 is -0.594. The number of amides is 2. The van der Waals surface area contributed by atoms with Crippen LogP contribution in [0.5, 0.6) is 0 Å². The van der Waals surface area contributed by atoms with Crippen molar-refractivity contribution < 1.29 is 19.5 Å². The molecule has 0 radical (unpaired) electrons. The van der Waals surface area contributed by atoms with Gasteiger partial charge in [-0.05, 0) is 25.0 Å². The van der Waals surface area contributed by atoms with E-state index in [0.717, 1.165) is 11.1 Å². The van der Waals surface area contributed by atoms with Crippen molar-refractivity contribution in [3.63, 3.8) is 0 Å². The first kappa shape index (κ1) is 18.1. The van der Waals surface area contributed by atoms with Crippen molar-refractivity contribution in [3.05, 3.63) is 35.4 Å². The van der Waals surface area contributed by atoms with Gasteiger partial charge in [0.15, 0.2) is 0 Å². The molecule has 8 heteroatoms. The standard InChI is InChI=1S/C17H19ClN2O4S/c1-17(2)13(16(23)24)20-14(22)12(15(20)25-17)19-11(21)7-9-3-5-10(8-18)6-4-9/h3-6,12-13,15H,7-8H2,1-2H3,(H,19,21)(H,23,24). The largest absolute Gasteiger partial charge is 0.480 e. The van der Waals surface area contributed by atoms with Gasteiger partial charge in [0.05, 0.1) is 6.42 Å². The van der Waals surface area contributed by atoms with Gasteiger partial charge >= 0.3 is 5.97 Å². The SMILES string of the molecule is CC1(C)SC2C(NC(=O)Cc3ccc(CCl)cc3)C(=O)N2C1C(=O)O. The summed E-state index contributed by atoms with van der Waals surface area (Å²) >= 11 is 7.15. The number of nitrogens with one attached hydrogen (secondary N) is 1. The Morgan fingerprint density at radius 2 is 1.88 bits per heavy atom. The van der Waals surface area contributed by atoms with Crippen molar-refractivity contribution in [1.82, 2.24) is 10.2 Å². The molecule has 3 rings (SSSR count). The number of rotatable bonds is 5. The fourth-order valence-electron chi connectivity index (χ4n) is 3.30. The van der Waals surface area contributed by atoms with Crippen molar-refractivity contribution in [2.45, 2.75) is 48.4 Å². The highest BCUT2D eigenvalue weighted by atomic mass is 35.5. The number of nitrogens with zero attached hydrogens (tertiary/aromatic N) is 1. The maximum atomic E-state index is 12.3. The number of thioether (sulfide) groups is 1. The highest BCUT2D eigenvalue weighted by Gasteiger charge is 2.64. The summed E-state index contributed by atoms with van der Waals surface area (Å²) in [6, 6.07) is 5.85. The number of β-lactam (4-membered cyclic amide) rings is 1. The predicted octanol–water partition coefficient (Wildman–Crippen LogP) is 1.60. The maximum absolute atomic E-state index is 12.3. The van der Waals surface area contributed by atoms with Crippen molar-refractivity contribution in [2.75, 3.05) is 0 Å². The molecule has 0 spiro atoms. The topological polar surface area (TPSA) is 86.7 Å². The van der Waals surface area contributed by atoms with Crippen LogP contribution in [0.1, 0.15) is 25.0 Å². The number of carbonyl (C=O) groups is 3. The number of halogens is 1. The second kappa shape index (κ2) is 6.53. The molecule has 1 aromatic rings. The zero-order valence-electron chi connectivity index (χ0n) is 13.9. The van der Waals surface area contributed by atoms with Gasteiger partial charge in [0, 0.05) is 10.6 Å². The number of benzene rings is 1. The van der Waals surface area contributed by atoms with Crippen LogP contribution in [0, 0.1) is 0 Å². The van der Waals surface area contributed by atoms with E-state index in [1.165, 1.54) is 16.7 Å². The predicted molar refractivity (Wildman–Crippen MR) is 95.4 cm³/mol. The minimum absolute atomic E-state index is 0.162. The van der Waals surface area contributed by atoms with Crippen LogP contribution < -0.4 is 5.32 Å². The second-order valence-electron chi connectivity index (χ2n) is 6.77. The van der Waals surface area contributed by atoms with Crippen molar-refractivity contribution >= 4 is 41.1 Å². The lowest BCUT2D eigenvalue weighted by Crippen LogP contribution is -2.70. The zero-order chi connectivity index (χ0) is 18.4. The molecule has 134 valence electrons. The van der Waals surface area contributed by atoms with Gasteiger partial charge in [-0.3, -0.25) is 9.59 Å². The molecular formula is C17H19ClN2O4S. The van der Waals surface area contributed by atoms with Crippen molar-refractivity contribution in [3.8, 4) is 0 Å². The molecule has 3 unspecified atom stereocenters. The Balaban J connectivity index is 1.63. The summed E-state index contributed by atoms with van der Waals surface area (Å²) in [7, 11) is 0. The number of aliphatic carboxylic acids is 1. The molecule has 0 aromatic heterocycles. The highest BCUT2D eigenvalue weighted by molar-refractivity contribution is 8.01. The smallest absolute Gasteiger partial charge is 0.327 e. The Bertz CT molecular complexity index is 722. The molecule has 2 N–H and O–H groups in total. The van der Waals surface area contributed by atoms with E-state index in [4.69, 9.17) is 11.6 Å². The summed E-state index contributed by atoms with van der Waals surface area (Å²) in [5.74, 6) is -1.19. The number of carbonyl (C=O) groups excluding carboxylic acids is 2. The number of hydrogen-bond acceptors (Lipinski definition) is 4. The summed E-state index contributed by atoms with van der Waals surface area (Å²) in [4.78, 5) is 37.4. The Morgan fingerprint density at radius 3 is 2.44 bits per heavy atom. The summed E-state index contributed by atoms with van der Waals surface area (Å²) in [6.07, 6.45) is 0.162. The number of hydrogen-bond donors (Lipinski definition) is 2. The maximum Gasteiger partial charge on any atom is 0.327 e. The minimum atomic E-state index is -1.02. The van der Waals surface area contributed by atoms with E-state index in [9.17, 15) is 19.5 Å². The Kier molecular flexibility index (Phi) is 4.72. The lowest BCUT2D eigenvalue weighted by atomic mass is 9.96. The third-order valence-corrected chi connectivity index (χ3v) is 6.41. The van der Waals surface area contributed by atoms with Gasteiger partial charge in [0.2, 0.25) is 11.8 Å². The third-order valence-electron chi connectivity index (χ3n) is 4.53. The van der Waals surface area contributed by atoms with Gasteiger partial charge in [-0.25, -0.2) is 4.79 Å². The van der Waals surface area contributed by atoms with Gasteiger partial charge < -0.3 is 15.3 Å². The Morgan fingerprint density at radius 1 is 1.28 bits per heavy atom. The van der Waals surface area contributed by atoms with Crippen molar-refractivity contribution in [1.29, 1.82) is 0 Å². The van der Waals surface area contributed by atoms with Crippen LogP contribution in [-0.2, 0) is 26.7 Å². The number of fused-ring (bicyclic) bond motifs is 1. The number of alkyl halides is 1. The monoisotopic (exact) mass is 382 g/mol. The van der Waals surface area contributed by atoms with E-state index in [1.807, 2.05) is 24.3 Å². The van der Waals surface area contributed by atoms with Crippen LogP contribution in [0.25, 0.3) is 0 Å². The Hall–Kier alpha value is -1.73. The highest BCUT2D eigenvalue weighted by Crippen LogP contribution is 2.50. The van der Waals surface area contributed by atoms with Gasteiger partial charge in [0.25, 0.3) is 0 Å². The van der Waals surface area contributed by atoms with E-state index in [-0.39, 0.29) is 23.6 Å². The normalized spacial score (nSPS) is 26.8. The molecular weight excluding hydrogens is 364 g/mol. The van der Waals surface area contributed by atoms with Crippen LogP contribution in [0.3, 0.4) is 0 Å². The third kappa shape index (κ3) is 3.22. The molecule has 3 atom stereocenters. The minimum Gasteiger partial charge on any atom is -0.480 e. The number of carboxylic acids is 1. The van der Waals surface area contributed by atoms with Gasteiger partial charge in [-0.1, -0.05) is 24.3 Å². The number of carboxylic acid groups (broad SMARTS) is 1. The van der Waals surface area contributed by atoms with E-state index >= 15 is 0 Å². The molecule has 2 saturated heterocycles. The molecule has 2 aliphatic rings. The van der Waals surface area contributed by atoms with E-state index in [1.54, 1.807) is 13.8 Å². The molecule has 0 saturated carbocycles. The van der Waals surface area contributed by atoms with E-state index in [2.05, 4.69) is 5.32 Å². The lowest BCUT2D eigenvalue weighted by molar-refractivity contribution is -0.161. The van der Waals surface area contributed by atoms with E-state index in [0.29, 0.717) is 5.88 Å². The first-order valence-corrected chi connectivity index (χ1v) is 9.32. The summed E-state index contributed by atoms with van der Waals surface area (Å²) in [5, 5.41) is 11.8. The second-order valence-corrected chi connectivity index (χ2v) is 8.81. The molecule has 2 heterocycles. The Labute approximate surface area is 154 Å². The molecule has 25 heavy (non-hydrogen) atoms. The quantitative estimate of drug-likeness (QED) is 0.596. The van der Waals surface area contributed by atoms with Gasteiger partial charge in [0.1, 0.15) is 17.5 Å². The molecule has 2 fully saturated rings. The van der Waals surface area contributed by atoms with Gasteiger partial charge in [-0.15, -0.1) is 23.4 Å². The average Bonchev–Trinajstić information content (AvgIpc) is 2.81. The fraction of sp³-hybridized carbons (Fsp3) is 0.471. The molecule has 1 aromatic carbocycles. The van der Waals surface area contributed by atoms with Crippen LogP contribution in [0.4, 0.5) is 0 Å². The van der Waals surface area contributed by atoms with Gasteiger partial charge in [-0.2, -0.15) is 0 Å². The average molecular weight is 383 g/mol. The van der Waals surface area contributed by atoms with Crippen LogP contribution in [-0.4, -0.2) is 50.0 Å². The first-order valence-electron chi connectivity index (χ1n) is 7.90. The molecule has 2 amide bonds. The molecule has 2 aliphatic heterocycles. The molecule has 0 bridgehead atoms. The fourth-order valence-corrected chi connectivity index (χ4v) is 5.11. The summed E-state index contributed by atoms with van der Waals surface area (Å²) in [6.45, 7) is 3.61. The van der Waals surface area contributed by atoms with Crippen LogP contribution in [0.2, 0.25) is 0 Å². The first-order chi connectivity index (χ1) is 11.7. The summed E-state index contributed by atoms with van der Waals surface area (Å²) in [5.41, 5.74) is 1.80. The zero-order valence-corrected chi connectivity index (χ0v) is 15.4. The molecule has 0 aliphatic carbocycles. The van der Waals surface area contributed by atoms with Crippen LogP contribution >= 0.6 is 23.4 Å².